The summed E-state index contributed by atoms with van der Waals surface area (Å²) in [7, 11) is 0. The SMILES string of the molecule is CC1CCN(CCOCCOc2ccc(Cl)cc2Cl)CC1. The van der Waals surface area contributed by atoms with Crippen molar-refractivity contribution in [3.05, 3.63) is 28.2 Å². The number of hydrogen-bond donors (Lipinski definition) is 0. The van der Waals surface area contributed by atoms with Crippen LogP contribution in [0.15, 0.2) is 18.2 Å². The van der Waals surface area contributed by atoms with E-state index in [1.54, 1.807) is 18.2 Å². The van der Waals surface area contributed by atoms with E-state index in [9.17, 15) is 0 Å². The summed E-state index contributed by atoms with van der Waals surface area (Å²) in [6.07, 6.45) is 2.61. The molecule has 0 unspecified atom stereocenters. The first-order valence-corrected chi connectivity index (χ1v) is 8.28. The number of piperidine rings is 1. The summed E-state index contributed by atoms with van der Waals surface area (Å²) in [5, 5.41) is 1.14. The highest BCUT2D eigenvalue weighted by molar-refractivity contribution is 6.35. The molecule has 2 rings (SSSR count). The van der Waals surface area contributed by atoms with Crippen LogP contribution in [0.25, 0.3) is 0 Å². The molecule has 0 aliphatic carbocycles. The minimum atomic E-state index is 0.498. The molecule has 5 heteroatoms. The number of rotatable bonds is 7. The summed E-state index contributed by atoms with van der Waals surface area (Å²) >= 11 is 11.9. The Morgan fingerprint density at radius 1 is 1.14 bits per heavy atom. The van der Waals surface area contributed by atoms with E-state index in [1.807, 2.05) is 0 Å². The molecule has 0 saturated carbocycles. The average Bonchev–Trinajstić information content (AvgIpc) is 2.46. The zero-order chi connectivity index (χ0) is 15.1. The van der Waals surface area contributed by atoms with Gasteiger partial charge in [-0.2, -0.15) is 0 Å². The Bertz CT molecular complexity index is 434. The molecule has 0 atom stereocenters. The molecule has 1 fully saturated rings. The van der Waals surface area contributed by atoms with Gasteiger partial charge in [0.15, 0.2) is 0 Å². The van der Waals surface area contributed by atoms with E-state index in [1.165, 1.54) is 25.9 Å². The predicted octanol–water partition coefficient (Wildman–Crippen LogP) is 4.12. The second-order valence-electron chi connectivity index (χ2n) is 5.56. The van der Waals surface area contributed by atoms with Crippen LogP contribution in [0.1, 0.15) is 19.8 Å². The van der Waals surface area contributed by atoms with Gasteiger partial charge in [0, 0.05) is 11.6 Å². The topological polar surface area (TPSA) is 21.7 Å². The lowest BCUT2D eigenvalue weighted by molar-refractivity contribution is 0.0709. The van der Waals surface area contributed by atoms with Gasteiger partial charge in [-0.1, -0.05) is 30.1 Å². The second kappa shape index (κ2) is 8.84. The zero-order valence-electron chi connectivity index (χ0n) is 12.5. The number of halogens is 2. The third-order valence-corrected chi connectivity index (χ3v) is 4.34. The molecule has 1 aromatic carbocycles. The third kappa shape index (κ3) is 6.03. The molecule has 1 aliphatic rings. The van der Waals surface area contributed by atoms with E-state index in [0.29, 0.717) is 29.0 Å². The summed E-state index contributed by atoms with van der Waals surface area (Å²) in [6, 6.07) is 5.22. The number of likely N-dealkylation sites (tertiary alicyclic amines) is 1. The van der Waals surface area contributed by atoms with E-state index in [4.69, 9.17) is 32.7 Å². The monoisotopic (exact) mass is 331 g/mol. The molecule has 0 radical (unpaired) electrons. The molecule has 1 saturated heterocycles. The minimum absolute atomic E-state index is 0.498. The summed E-state index contributed by atoms with van der Waals surface area (Å²) < 4.78 is 11.2. The smallest absolute Gasteiger partial charge is 0.138 e. The van der Waals surface area contributed by atoms with Crippen molar-refractivity contribution >= 4 is 23.2 Å². The van der Waals surface area contributed by atoms with Gasteiger partial charge in [-0.25, -0.2) is 0 Å². The van der Waals surface area contributed by atoms with Crippen LogP contribution in [0.3, 0.4) is 0 Å². The van der Waals surface area contributed by atoms with Gasteiger partial charge in [0.2, 0.25) is 0 Å². The maximum Gasteiger partial charge on any atom is 0.138 e. The van der Waals surface area contributed by atoms with Crippen LogP contribution in [-0.2, 0) is 4.74 Å². The van der Waals surface area contributed by atoms with Crippen LogP contribution in [0.5, 0.6) is 5.75 Å². The number of nitrogens with zero attached hydrogens (tertiary/aromatic N) is 1. The first-order chi connectivity index (χ1) is 10.1. The molecule has 0 bridgehead atoms. The highest BCUT2D eigenvalue weighted by Gasteiger charge is 2.14. The molecule has 1 aliphatic heterocycles. The normalized spacial score (nSPS) is 17.1. The maximum absolute atomic E-state index is 6.03. The summed E-state index contributed by atoms with van der Waals surface area (Å²) in [5.74, 6) is 1.52. The van der Waals surface area contributed by atoms with Crippen molar-refractivity contribution in [1.82, 2.24) is 4.90 Å². The third-order valence-electron chi connectivity index (χ3n) is 3.81. The van der Waals surface area contributed by atoms with Crippen molar-refractivity contribution in [2.45, 2.75) is 19.8 Å². The molecule has 0 spiro atoms. The van der Waals surface area contributed by atoms with Crippen molar-refractivity contribution in [3.63, 3.8) is 0 Å². The second-order valence-corrected chi connectivity index (χ2v) is 6.40. The van der Waals surface area contributed by atoms with Crippen molar-refractivity contribution in [2.24, 2.45) is 5.92 Å². The zero-order valence-corrected chi connectivity index (χ0v) is 14.0. The van der Waals surface area contributed by atoms with E-state index in [0.717, 1.165) is 19.1 Å². The van der Waals surface area contributed by atoms with E-state index in [-0.39, 0.29) is 0 Å². The van der Waals surface area contributed by atoms with Crippen molar-refractivity contribution in [1.29, 1.82) is 0 Å². The molecule has 0 amide bonds. The van der Waals surface area contributed by atoms with Gasteiger partial charge in [-0.05, 0) is 50.0 Å². The quantitative estimate of drug-likeness (QED) is 0.701. The molecule has 0 aromatic heterocycles. The molecule has 3 nitrogen and oxygen atoms in total. The van der Waals surface area contributed by atoms with Gasteiger partial charge in [0.05, 0.1) is 18.2 Å². The first-order valence-electron chi connectivity index (χ1n) is 7.53. The fourth-order valence-corrected chi connectivity index (χ4v) is 2.85. The molecule has 21 heavy (non-hydrogen) atoms. The Kier molecular flexibility index (Phi) is 7.11. The molecular weight excluding hydrogens is 309 g/mol. The molecule has 1 aromatic rings. The van der Waals surface area contributed by atoms with Crippen molar-refractivity contribution in [3.8, 4) is 5.75 Å². The van der Waals surface area contributed by atoms with Crippen LogP contribution in [0.4, 0.5) is 0 Å². The number of benzene rings is 1. The van der Waals surface area contributed by atoms with Crippen LogP contribution >= 0.6 is 23.2 Å². The van der Waals surface area contributed by atoms with Gasteiger partial charge < -0.3 is 14.4 Å². The Morgan fingerprint density at radius 2 is 1.90 bits per heavy atom. The lowest BCUT2D eigenvalue weighted by Gasteiger charge is -2.29. The van der Waals surface area contributed by atoms with Crippen molar-refractivity contribution in [2.75, 3.05) is 39.5 Å². The summed E-state index contributed by atoms with van der Waals surface area (Å²) in [5.41, 5.74) is 0. The minimum Gasteiger partial charge on any atom is -0.490 e. The van der Waals surface area contributed by atoms with E-state index >= 15 is 0 Å². The fraction of sp³-hybridized carbons (Fsp3) is 0.625. The fourth-order valence-electron chi connectivity index (χ4n) is 2.38. The summed E-state index contributed by atoms with van der Waals surface area (Å²) in [6.45, 7) is 7.55. The van der Waals surface area contributed by atoms with Gasteiger partial charge in [-0.3, -0.25) is 0 Å². The van der Waals surface area contributed by atoms with Gasteiger partial charge in [-0.15, -0.1) is 0 Å². The molecule has 0 N–H and O–H groups in total. The number of ether oxygens (including phenoxy) is 2. The standard InChI is InChI=1S/C16H23Cl2NO2/c1-13-4-6-19(7-5-13)8-9-20-10-11-21-16-3-2-14(17)12-15(16)18/h2-3,12-13H,4-11H2,1H3. The van der Waals surface area contributed by atoms with Crippen molar-refractivity contribution < 1.29 is 9.47 Å². The van der Waals surface area contributed by atoms with Crippen LogP contribution in [0, 0.1) is 5.92 Å². The van der Waals surface area contributed by atoms with Gasteiger partial charge in [0.1, 0.15) is 12.4 Å². The maximum atomic E-state index is 6.03. The van der Waals surface area contributed by atoms with Gasteiger partial charge in [0.25, 0.3) is 0 Å². The molecule has 118 valence electrons. The largest absolute Gasteiger partial charge is 0.490 e. The van der Waals surface area contributed by atoms with E-state index < -0.39 is 0 Å². The Balaban J connectivity index is 1.54. The Labute approximate surface area is 137 Å². The van der Waals surface area contributed by atoms with Gasteiger partial charge >= 0.3 is 0 Å². The highest BCUT2D eigenvalue weighted by atomic mass is 35.5. The number of hydrogen-bond acceptors (Lipinski definition) is 3. The Hall–Kier alpha value is -0.480. The van der Waals surface area contributed by atoms with Crippen LogP contribution in [0.2, 0.25) is 10.0 Å². The van der Waals surface area contributed by atoms with Crippen LogP contribution in [-0.4, -0.2) is 44.4 Å². The first kappa shape index (κ1) is 16.9. The van der Waals surface area contributed by atoms with E-state index in [2.05, 4.69) is 11.8 Å². The molecule has 1 heterocycles. The average molecular weight is 332 g/mol. The highest BCUT2D eigenvalue weighted by Crippen LogP contribution is 2.27. The van der Waals surface area contributed by atoms with Crippen LogP contribution < -0.4 is 4.74 Å². The lowest BCUT2D eigenvalue weighted by atomic mass is 9.99. The predicted molar refractivity (Wildman–Crippen MR) is 87.6 cm³/mol. The lowest BCUT2D eigenvalue weighted by Crippen LogP contribution is -2.35. The Morgan fingerprint density at radius 3 is 2.62 bits per heavy atom. The molecular formula is C16H23Cl2NO2. The summed E-state index contributed by atoms with van der Waals surface area (Å²) in [4.78, 5) is 2.47.